The van der Waals surface area contributed by atoms with E-state index in [1.807, 2.05) is 0 Å². The Morgan fingerprint density at radius 2 is 1.71 bits per heavy atom. The third kappa shape index (κ3) is 4.19. The van der Waals surface area contributed by atoms with E-state index in [0.717, 1.165) is 0 Å². The molecule has 0 aliphatic heterocycles. The van der Waals surface area contributed by atoms with Crippen molar-refractivity contribution >= 4 is 35.0 Å². The van der Waals surface area contributed by atoms with Gasteiger partial charge in [0.1, 0.15) is 11.5 Å². The molecule has 0 aliphatic carbocycles. The predicted octanol–water partition coefficient (Wildman–Crippen LogP) is 4.05. The molecule has 5 nitrogen and oxygen atoms in total. The van der Waals surface area contributed by atoms with Gasteiger partial charge in [-0.3, -0.25) is 4.79 Å². The molecule has 126 valence electrons. The van der Waals surface area contributed by atoms with Crippen LogP contribution in [0.1, 0.15) is 20.7 Å². The van der Waals surface area contributed by atoms with Crippen molar-refractivity contribution in [1.29, 1.82) is 0 Å². The molecule has 0 bridgehead atoms. The standard InChI is InChI=1S/C17H14Cl2O5/c1-22-11-4-5-12(16(8-11)23-2)15(20)9-24-17(21)13-7-10(18)3-6-14(13)19/h3-8H,9H2,1-2H3. The number of carbonyl (C=O) groups is 2. The first kappa shape index (κ1) is 18.1. The molecule has 0 atom stereocenters. The summed E-state index contributed by atoms with van der Waals surface area (Å²) in [4.78, 5) is 24.3. The third-order valence-corrected chi connectivity index (χ3v) is 3.76. The summed E-state index contributed by atoms with van der Waals surface area (Å²) in [6.45, 7) is -0.454. The Bertz CT molecular complexity index is 774. The van der Waals surface area contributed by atoms with Crippen LogP contribution in [-0.4, -0.2) is 32.6 Å². The zero-order chi connectivity index (χ0) is 17.7. The van der Waals surface area contributed by atoms with E-state index in [4.69, 9.17) is 37.4 Å². The van der Waals surface area contributed by atoms with Gasteiger partial charge in [0, 0.05) is 11.1 Å². The minimum atomic E-state index is -0.733. The number of ketones is 1. The summed E-state index contributed by atoms with van der Waals surface area (Å²) >= 11 is 11.8. The minimum Gasteiger partial charge on any atom is -0.497 e. The van der Waals surface area contributed by atoms with Gasteiger partial charge >= 0.3 is 5.97 Å². The molecule has 0 N–H and O–H groups in total. The Kier molecular flexibility index (Phi) is 6.06. The van der Waals surface area contributed by atoms with Crippen molar-refractivity contribution in [2.75, 3.05) is 20.8 Å². The van der Waals surface area contributed by atoms with Crippen molar-refractivity contribution in [3.63, 3.8) is 0 Å². The average molecular weight is 369 g/mol. The van der Waals surface area contributed by atoms with E-state index in [9.17, 15) is 9.59 Å². The van der Waals surface area contributed by atoms with Crippen LogP contribution in [0.2, 0.25) is 10.0 Å². The normalized spacial score (nSPS) is 10.2. The minimum absolute atomic E-state index is 0.0960. The summed E-state index contributed by atoms with van der Waals surface area (Å²) in [5.41, 5.74) is 0.377. The van der Waals surface area contributed by atoms with E-state index < -0.39 is 18.4 Å². The molecule has 2 aromatic carbocycles. The molecule has 2 rings (SSSR count). The molecule has 0 radical (unpaired) electrons. The lowest BCUT2D eigenvalue weighted by Gasteiger charge is -2.10. The van der Waals surface area contributed by atoms with Crippen LogP contribution >= 0.6 is 23.2 Å². The fourth-order valence-electron chi connectivity index (χ4n) is 1.97. The van der Waals surface area contributed by atoms with Crippen LogP contribution < -0.4 is 9.47 Å². The Hall–Kier alpha value is -2.24. The van der Waals surface area contributed by atoms with Gasteiger partial charge in [-0.05, 0) is 30.3 Å². The van der Waals surface area contributed by atoms with Crippen molar-refractivity contribution < 1.29 is 23.8 Å². The Morgan fingerprint density at radius 3 is 2.38 bits per heavy atom. The fourth-order valence-corrected chi connectivity index (χ4v) is 2.34. The second-order valence-corrected chi connectivity index (χ2v) is 5.53. The molecule has 0 amide bonds. The number of hydrogen-bond acceptors (Lipinski definition) is 5. The quantitative estimate of drug-likeness (QED) is 0.568. The predicted molar refractivity (Wildman–Crippen MR) is 90.6 cm³/mol. The van der Waals surface area contributed by atoms with Crippen LogP contribution in [0.5, 0.6) is 11.5 Å². The van der Waals surface area contributed by atoms with Gasteiger partial charge in [-0.15, -0.1) is 0 Å². The number of esters is 1. The molecule has 24 heavy (non-hydrogen) atoms. The van der Waals surface area contributed by atoms with E-state index in [1.54, 1.807) is 24.3 Å². The molecule has 0 aliphatic rings. The summed E-state index contributed by atoms with van der Waals surface area (Å²) in [6, 6.07) is 9.14. The van der Waals surface area contributed by atoms with Gasteiger partial charge in [0.05, 0.1) is 30.4 Å². The highest BCUT2D eigenvalue weighted by atomic mass is 35.5. The molecular formula is C17H14Cl2O5. The summed E-state index contributed by atoms with van der Waals surface area (Å²) < 4.78 is 15.2. The first-order valence-electron chi connectivity index (χ1n) is 6.83. The van der Waals surface area contributed by atoms with E-state index in [2.05, 4.69) is 0 Å². The Labute approximate surface area is 149 Å². The second kappa shape index (κ2) is 8.04. The van der Waals surface area contributed by atoms with Crippen LogP contribution in [0, 0.1) is 0 Å². The average Bonchev–Trinajstić information content (AvgIpc) is 2.60. The number of carbonyl (C=O) groups excluding carboxylic acids is 2. The van der Waals surface area contributed by atoms with Gasteiger partial charge in [0.25, 0.3) is 0 Å². The highest BCUT2D eigenvalue weighted by molar-refractivity contribution is 6.35. The van der Waals surface area contributed by atoms with Crippen LogP contribution in [0.15, 0.2) is 36.4 Å². The molecule has 0 saturated heterocycles. The smallest absolute Gasteiger partial charge is 0.340 e. The van der Waals surface area contributed by atoms with Crippen molar-refractivity contribution in [1.82, 2.24) is 0 Å². The van der Waals surface area contributed by atoms with E-state index in [0.29, 0.717) is 16.5 Å². The summed E-state index contributed by atoms with van der Waals surface area (Å²) in [7, 11) is 2.94. The lowest BCUT2D eigenvalue weighted by atomic mass is 10.1. The van der Waals surface area contributed by atoms with Crippen LogP contribution in [0.25, 0.3) is 0 Å². The number of halogens is 2. The zero-order valence-corrected chi connectivity index (χ0v) is 14.5. The molecule has 2 aromatic rings. The van der Waals surface area contributed by atoms with Crippen molar-refractivity contribution in [3.8, 4) is 11.5 Å². The van der Waals surface area contributed by atoms with Gasteiger partial charge in [-0.25, -0.2) is 4.79 Å². The number of methoxy groups -OCH3 is 2. The highest BCUT2D eigenvalue weighted by Gasteiger charge is 2.18. The zero-order valence-electron chi connectivity index (χ0n) is 13.0. The maximum atomic E-state index is 12.3. The van der Waals surface area contributed by atoms with Gasteiger partial charge in [0.15, 0.2) is 6.61 Å². The molecule has 7 heteroatoms. The first-order valence-corrected chi connectivity index (χ1v) is 7.59. The van der Waals surface area contributed by atoms with Crippen LogP contribution in [0.4, 0.5) is 0 Å². The Balaban J connectivity index is 2.10. The summed E-state index contributed by atoms with van der Waals surface area (Å²) in [5.74, 6) is -0.272. The van der Waals surface area contributed by atoms with Crippen molar-refractivity contribution in [2.24, 2.45) is 0 Å². The largest absolute Gasteiger partial charge is 0.497 e. The number of ether oxygens (including phenoxy) is 3. The fraction of sp³-hybridized carbons (Fsp3) is 0.176. The molecule has 0 heterocycles. The monoisotopic (exact) mass is 368 g/mol. The maximum Gasteiger partial charge on any atom is 0.340 e. The SMILES string of the molecule is COc1ccc(C(=O)COC(=O)c2cc(Cl)ccc2Cl)c(OC)c1. The molecular weight excluding hydrogens is 355 g/mol. The molecule has 0 fully saturated rings. The van der Waals surface area contributed by atoms with Crippen molar-refractivity contribution in [3.05, 3.63) is 57.6 Å². The van der Waals surface area contributed by atoms with Gasteiger partial charge < -0.3 is 14.2 Å². The Morgan fingerprint density at radius 1 is 0.958 bits per heavy atom. The maximum absolute atomic E-state index is 12.3. The lowest BCUT2D eigenvalue weighted by Crippen LogP contribution is -2.15. The molecule has 0 spiro atoms. The van der Waals surface area contributed by atoms with Crippen molar-refractivity contribution in [2.45, 2.75) is 0 Å². The topological polar surface area (TPSA) is 61.8 Å². The van der Waals surface area contributed by atoms with E-state index in [1.165, 1.54) is 26.4 Å². The third-order valence-electron chi connectivity index (χ3n) is 3.19. The molecule has 0 saturated carbocycles. The number of benzene rings is 2. The van der Waals surface area contributed by atoms with Gasteiger partial charge in [-0.1, -0.05) is 23.2 Å². The van der Waals surface area contributed by atoms with E-state index >= 15 is 0 Å². The number of hydrogen-bond donors (Lipinski definition) is 0. The summed E-state index contributed by atoms with van der Waals surface area (Å²) in [6.07, 6.45) is 0. The number of rotatable bonds is 6. The van der Waals surface area contributed by atoms with Gasteiger partial charge in [-0.2, -0.15) is 0 Å². The van der Waals surface area contributed by atoms with E-state index in [-0.39, 0.29) is 16.1 Å². The second-order valence-electron chi connectivity index (χ2n) is 4.69. The first-order chi connectivity index (χ1) is 11.5. The van der Waals surface area contributed by atoms with Crippen LogP contribution in [-0.2, 0) is 4.74 Å². The summed E-state index contributed by atoms with van der Waals surface area (Å²) in [5, 5.41) is 0.536. The lowest BCUT2D eigenvalue weighted by molar-refractivity contribution is 0.0474. The molecule has 0 unspecified atom stereocenters. The highest BCUT2D eigenvalue weighted by Crippen LogP contribution is 2.25. The van der Waals surface area contributed by atoms with Gasteiger partial charge in [0.2, 0.25) is 5.78 Å². The molecule has 0 aromatic heterocycles. The number of Topliss-reactive ketones (excluding diaryl/α,β-unsaturated/α-hetero) is 1. The van der Waals surface area contributed by atoms with Crippen LogP contribution in [0.3, 0.4) is 0 Å².